The Balaban J connectivity index is 2.71. The Hall–Kier alpha value is -0.790. The summed E-state index contributed by atoms with van der Waals surface area (Å²) in [6.45, 7) is 9.75. The van der Waals surface area contributed by atoms with Crippen molar-refractivity contribution in [2.45, 2.75) is 64.9 Å². The number of hydrogen-bond acceptors (Lipinski definition) is 2. The maximum Gasteiger partial charge on any atom is 0.333 e. The van der Waals surface area contributed by atoms with Crippen LogP contribution in [0.15, 0.2) is 12.2 Å². The molecule has 2 heteroatoms. The normalized spacial score (nSPS) is 29.1. The van der Waals surface area contributed by atoms with Gasteiger partial charge in [0.15, 0.2) is 0 Å². The summed E-state index contributed by atoms with van der Waals surface area (Å²) in [5.41, 5.74) is 0.307. The van der Waals surface area contributed by atoms with Gasteiger partial charge in [-0.1, -0.05) is 26.8 Å². The van der Waals surface area contributed by atoms with Crippen molar-refractivity contribution >= 4 is 5.97 Å². The highest BCUT2D eigenvalue weighted by molar-refractivity contribution is 5.87. The molecule has 0 aromatic rings. The van der Waals surface area contributed by atoms with Crippen LogP contribution >= 0.6 is 0 Å². The number of rotatable bonds is 5. The monoisotopic (exact) mass is 224 g/mol. The molecule has 1 aliphatic rings. The van der Waals surface area contributed by atoms with Gasteiger partial charge in [0.25, 0.3) is 0 Å². The number of carbonyl (C=O) groups is 1. The Kier molecular flexibility index (Phi) is 4.57. The van der Waals surface area contributed by atoms with Crippen LogP contribution in [0.3, 0.4) is 0 Å². The molecule has 0 bridgehead atoms. The molecule has 1 fully saturated rings. The molecular weight excluding hydrogens is 200 g/mol. The highest BCUT2D eigenvalue weighted by atomic mass is 16.6. The molecule has 2 atom stereocenters. The van der Waals surface area contributed by atoms with Crippen molar-refractivity contribution in [2.24, 2.45) is 5.92 Å². The van der Waals surface area contributed by atoms with E-state index >= 15 is 0 Å². The second-order valence-corrected chi connectivity index (χ2v) is 5.13. The molecule has 0 N–H and O–H groups in total. The maximum atomic E-state index is 11.7. The Labute approximate surface area is 99.1 Å². The molecule has 2 nitrogen and oxygen atoms in total. The van der Waals surface area contributed by atoms with E-state index in [2.05, 4.69) is 20.4 Å². The zero-order valence-electron chi connectivity index (χ0n) is 10.8. The van der Waals surface area contributed by atoms with E-state index in [1.165, 1.54) is 12.8 Å². The van der Waals surface area contributed by atoms with Crippen molar-refractivity contribution in [2.75, 3.05) is 0 Å². The van der Waals surface area contributed by atoms with Crippen LogP contribution in [0, 0.1) is 5.92 Å². The molecule has 0 spiro atoms. The fraction of sp³-hybridized carbons (Fsp3) is 0.786. The first kappa shape index (κ1) is 13.3. The molecule has 0 radical (unpaired) electrons. The second kappa shape index (κ2) is 5.51. The zero-order chi connectivity index (χ0) is 12.2. The van der Waals surface area contributed by atoms with E-state index in [-0.39, 0.29) is 11.6 Å². The predicted molar refractivity (Wildman–Crippen MR) is 66.2 cm³/mol. The van der Waals surface area contributed by atoms with Gasteiger partial charge in [-0.05, 0) is 44.9 Å². The maximum absolute atomic E-state index is 11.7. The van der Waals surface area contributed by atoms with Gasteiger partial charge in [-0.15, -0.1) is 0 Å². The molecule has 1 saturated carbocycles. The molecule has 92 valence electrons. The average molecular weight is 224 g/mol. The lowest BCUT2D eigenvalue weighted by Gasteiger charge is -2.33. The third kappa shape index (κ3) is 2.87. The zero-order valence-corrected chi connectivity index (χ0v) is 10.8. The number of ether oxygens (including phenoxy) is 1. The van der Waals surface area contributed by atoms with Crippen molar-refractivity contribution in [3.05, 3.63) is 12.2 Å². The van der Waals surface area contributed by atoms with Gasteiger partial charge in [0.1, 0.15) is 5.60 Å². The van der Waals surface area contributed by atoms with Crippen LogP contribution in [0.4, 0.5) is 0 Å². The summed E-state index contributed by atoms with van der Waals surface area (Å²) in [6.07, 6.45) is 6.66. The molecule has 0 saturated heterocycles. The van der Waals surface area contributed by atoms with Crippen molar-refractivity contribution in [1.82, 2.24) is 0 Å². The first-order valence-electron chi connectivity index (χ1n) is 6.40. The summed E-state index contributed by atoms with van der Waals surface area (Å²) < 4.78 is 5.74. The first-order chi connectivity index (χ1) is 7.52. The summed E-state index contributed by atoms with van der Waals surface area (Å²) in [7, 11) is 0. The van der Waals surface area contributed by atoms with Crippen molar-refractivity contribution in [3.63, 3.8) is 0 Å². The summed E-state index contributed by atoms with van der Waals surface area (Å²) in [6, 6.07) is 0. The molecule has 0 heterocycles. The smallest absolute Gasteiger partial charge is 0.333 e. The molecule has 1 rings (SSSR count). The summed E-state index contributed by atoms with van der Waals surface area (Å²) in [5.74, 6) is 0.271. The minimum absolute atomic E-state index is 0.202. The van der Waals surface area contributed by atoms with Gasteiger partial charge in [0.2, 0.25) is 0 Å². The molecule has 0 amide bonds. The van der Waals surface area contributed by atoms with Gasteiger partial charge in [-0.3, -0.25) is 0 Å². The summed E-state index contributed by atoms with van der Waals surface area (Å²) in [5, 5.41) is 0. The van der Waals surface area contributed by atoms with E-state index in [4.69, 9.17) is 4.74 Å². The Morgan fingerprint density at radius 3 is 2.69 bits per heavy atom. The van der Waals surface area contributed by atoms with Gasteiger partial charge in [0.05, 0.1) is 0 Å². The number of unbranched alkanes of at least 4 members (excludes halogenated alkanes) is 1. The van der Waals surface area contributed by atoms with E-state index in [9.17, 15) is 4.79 Å². The lowest BCUT2D eigenvalue weighted by atomic mass is 9.87. The van der Waals surface area contributed by atoms with Gasteiger partial charge in [0, 0.05) is 5.57 Å². The molecule has 2 unspecified atom stereocenters. The highest BCUT2D eigenvalue weighted by Crippen LogP contribution is 2.42. The molecule has 16 heavy (non-hydrogen) atoms. The van der Waals surface area contributed by atoms with E-state index in [0.29, 0.717) is 11.5 Å². The second-order valence-electron chi connectivity index (χ2n) is 5.13. The van der Waals surface area contributed by atoms with Crippen LogP contribution in [0.2, 0.25) is 0 Å². The standard InChI is InChI=1S/C14H24O2/c1-5-6-9-14(10-7-8-12(14)4)16-13(15)11(2)3/h12H,2,5-10H2,1,3-4H3. The number of carbonyl (C=O) groups excluding carboxylic acids is 1. The van der Waals surface area contributed by atoms with E-state index < -0.39 is 0 Å². The first-order valence-corrected chi connectivity index (χ1v) is 6.40. The fourth-order valence-electron chi connectivity index (χ4n) is 2.54. The van der Waals surface area contributed by atoms with Crippen LogP contribution in [0.25, 0.3) is 0 Å². The largest absolute Gasteiger partial charge is 0.455 e. The fourth-order valence-corrected chi connectivity index (χ4v) is 2.54. The van der Waals surface area contributed by atoms with Gasteiger partial charge < -0.3 is 4.74 Å². The van der Waals surface area contributed by atoms with Crippen LogP contribution < -0.4 is 0 Å². The Bertz CT molecular complexity index is 270. The van der Waals surface area contributed by atoms with Gasteiger partial charge in [-0.2, -0.15) is 0 Å². The third-order valence-corrected chi connectivity index (χ3v) is 3.73. The minimum Gasteiger partial charge on any atom is -0.455 e. The number of hydrogen-bond donors (Lipinski definition) is 0. The van der Waals surface area contributed by atoms with Gasteiger partial charge in [-0.25, -0.2) is 4.79 Å². The Morgan fingerprint density at radius 2 is 2.25 bits per heavy atom. The van der Waals surface area contributed by atoms with E-state index in [1.807, 2.05) is 0 Å². The number of esters is 1. The molecule has 1 aliphatic carbocycles. The molecule has 0 aromatic carbocycles. The van der Waals surface area contributed by atoms with Crippen LogP contribution in [0.5, 0.6) is 0 Å². The molecule has 0 aromatic heterocycles. The predicted octanol–water partition coefficient (Wildman–Crippen LogP) is 3.85. The van der Waals surface area contributed by atoms with Crippen LogP contribution in [0.1, 0.15) is 59.3 Å². The SMILES string of the molecule is C=C(C)C(=O)OC1(CCCC)CCCC1C. The van der Waals surface area contributed by atoms with Crippen LogP contribution in [-0.2, 0) is 9.53 Å². The lowest BCUT2D eigenvalue weighted by Crippen LogP contribution is -2.37. The quantitative estimate of drug-likeness (QED) is 0.523. The minimum atomic E-state index is -0.218. The summed E-state index contributed by atoms with van der Waals surface area (Å²) >= 11 is 0. The van der Waals surface area contributed by atoms with Crippen molar-refractivity contribution < 1.29 is 9.53 Å². The lowest BCUT2D eigenvalue weighted by molar-refractivity contribution is -0.159. The van der Waals surface area contributed by atoms with E-state index in [1.54, 1.807) is 6.92 Å². The molecular formula is C14H24O2. The van der Waals surface area contributed by atoms with Crippen molar-refractivity contribution in [1.29, 1.82) is 0 Å². The topological polar surface area (TPSA) is 26.3 Å². The summed E-state index contributed by atoms with van der Waals surface area (Å²) in [4.78, 5) is 11.7. The van der Waals surface area contributed by atoms with Crippen molar-refractivity contribution in [3.8, 4) is 0 Å². The molecule has 0 aliphatic heterocycles. The van der Waals surface area contributed by atoms with Crippen LogP contribution in [-0.4, -0.2) is 11.6 Å². The Morgan fingerprint density at radius 1 is 1.56 bits per heavy atom. The van der Waals surface area contributed by atoms with E-state index in [0.717, 1.165) is 25.7 Å². The van der Waals surface area contributed by atoms with Gasteiger partial charge >= 0.3 is 5.97 Å². The highest BCUT2D eigenvalue weighted by Gasteiger charge is 2.43. The average Bonchev–Trinajstić information content (AvgIpc) is 2.58. The third-order valence-electron chi connectivity index (χ3n) is 3.73.